The van der Waals surface area contributed by atoms with E-state index in [2.05, 4.69) is 10.1 Å². The van der Waals surface area contributed by atoms with Gasteiger partial charge in [0.1, 0.15) is 17.1 Å². The monoisotopic (exact) mass is 361 g/mol. The molecule has 0 bridgehead atoms. The number of carbonyl (C=O) groups excluding carboxylic acids is 1. The van der Waals surface area contributed by atoms with E-state index in [4.69, 9.17) is 0 Å². The van der Waals surface area contributed by atoms with Gasteiger partial charge in [0.2, 0.25) is 0 Å². The van der Waals surface area contributed by atoms with E-state index >= 15 is 0 Å². The topological polar surface area (TPSA) is 78.8 Å². The number of aliphatic hydroxyl groups excluding tert-OH is 1. The number of aryl methyl sites for hydroxylation is 1. The number of halogens is 1. The number of phenols is 1. The fraction of sp³-hybridized carbons (Fsp3) is 0.350. The first-order valence-electron chi connectivity index (χ1n) is 8.47. The Morgan fingerprint density at radius 1 is 1.27 bits per heavy atom. The molecule has 2 unspecified atom stereocenters. The highest BCUT2D eigenvalue weighted by atomic mass is 19.1. The standard InChI is InChI=1S/C20H24FNO4/c1-13(6-7-14-4-3-5-16(21)10-14)22-12-19(24)15-8-9-18(23)17(11-15)20(25)26-2/h3-5,8-11,13,19,22-24H,6-7,12H2,1-2H3. The minimum atomic E-state index is -0.837. The number of aliphatic hydroxyl groups is 1. The van der Waals surface area contributed by atoms with Crippen LogP contribution >= 0.6 is 0 Å². The van der Waals surface area contributed by atoms with E-state index < -0.39 is 12.1 Å². The Morgan fingerprint density at radius 2 is 2.04 bits per heavy atom. The van der Waals surface area contributed by atoms with Crippen LogP contribution in [0, 0.1) is 5.82 Å². The molecule has 0 aliphatic heterocycles. The van der Waals surface area contributed by atoms with E-state index in [1.54, 1.807) is 12.1 Å². The molecule has 0 saturated heterocycles. The van der Waals surface area contributed by atoms with Crippen LogP contribution in [0.3, 0.4) is 0 Å². The van der Waals surface area contributed by atoms with Crippen molar-refractivity contribution in [2.45, 2.75) is 31.9 Å². The van der Waals surface area contributed by atoms with Gasteiger partial charge in [0.05, 0.1) is 13.2 Å². The minimum Gasteiger partial charge on any atom is -0.507 e. The summed E-state index contributed by atoms with van der Waals surface area (Å²) in [7, 11) is 1.23. The summed E-state index contributed by atoms with van der Waals surface area (Å²) in [6, 6.07) is 11.0. The summed E-state index contributed by atoms with van der Waals surface area (Å²) in [4.78, 5) is 11.6. The van der Waals surface area contributed by atoms with Gasteiger partial charge in [-0.15, -0.1) is 0 Å². The van der Waals surface area contributed by atoms with Gasteiger partial charge in [-0.1, -0.05) is 18.2 Å². The zero-order valence-electron chi connectivity index (χ0n) is 14.9. The van der Waals surface area contributed by atoms with Crippen molar-refractivity contribution in [2.24, 2.45) is 0 Å². The van der Waals surface area contributed by atoms with Crippen LogP contribution in [0.4, 0.5) is 4.39 Å². The average Bonchev–Trinajstić information content (AvgIpc) is 2.64. The summed E-state index contributed by atoms with van der Waals surface area (Å²) in [6.45, 7) is 2.28. The first kappa shape index (κ1) is 19.9. The summed E-state index contributed by atoms with van der Waals surface area (Å²) in [5, 5.41) is 23.2. The maximum Gasteiger partial charge on any atom is 0.341 e. The maximum atomic E-state index is 13.2. The number of aromatic hydroxyl groups is 1. The summed E-state index contributed by atoms with van der Waals surface area (Å²) in [5.41, 5.74) is 1.46. The van der Waals surface area contributed by atoms with E-state index in [1.807, 2.05) is 13.0 Å². The molecule has 0 radical (unpaired) electrons. The lowest BCUT2D eigenvalue weighted by Gasteiger charge is -2.18. The molecule has 2 aromatic rings. The average molecular weight is 361 g/mol. The number of esters is 1. The molecule has 0 amide bonds. The number of nitrogens with one attached hydrogen (secondary N) is 1. The lowest BCUT2D eigenvalue weighted by Crippen LogP contribution is -2.30. The SMILES string of the molecule is COC(=O)c1cc(C(O)CNC(C)CCc2cccc(F)c2)ccc1O. The van der Waals surface area contributed by atoms with Crippen molar-refractivity contribution in [3.05, 3.63) is 65.0 Å². The van der Waals surface area contributed by atoms with Crippen molar-refractivity contribution < 1.29 is 24.1 Å². The number of rotatable bonds is 8. The van der Waals surface area contributed by atoms with E-state index in [1.165, 1.54) is 31.4 Å². The molecule has 0 aromatic heterocycles. The van der Waals surface area contributed by atoms with Gasteiger partial charge in [0, 0.05) is 12.6 Å². The molecule has 5 nitrogen and oxygen atoms in total. The molecule has 3 N–H and O–H groups in total. The Hall–Kier alpha value is -2.44. The molecule has 0 fully saturated rings. The second-order valence-electron chi connectivity index (χ2n) is 6.26. The Morgan fingerprint density at radius 3 is 2.73 bits per heavy atom. The van der Waals surface area contributed by atoms with Crippen LogP contribution in [-0.4, -0.2) is 35.9 Å². The molecule has 0 saturated carbocycles. The zero-order chi connectivity index (χ0) is 19.1. The summed E-state index contributed by atoms with van der Waals surface area (Å²) < 4.78 is 17.8. The first-order valence-corrected chi connectivity index (χ1v) is 8.47. The third-order valence-electron chi connectivity index (χ3n) is 4.23. The second kappa shape index (κ2) is 9.31. The van der Waals surface area contributed by atoms with E-state index in [0.29, 0.717) is 5.56 Å². The van der Waals surface area contributed by atoms with Crippen LogP contribution in [0.25, 0.3) is 0 Å². The number of carbonyl (C=O) groups is 1. The molecule has 0 spiro atoms. The highest BCUT2D eigenvalue weighted by Crippen LogP contribution is 2.23. The Labute approximate surface area is 152 Å². The van der Waals surface area contributed by atoms with Gasteiger partial charge in [-0.25, -0.2) is 9.18 Å². The molecule has 0 aliphatic carbocycles. The predicted molar refractivity (Wildman–Crippen MR) is 96.6 cm³/mol. The summed E-state index contributed by atoms with van der Waals surface area (Å²) >= 11 is 0. The number of hydrogen-bond acceptors (Lipinski definition) is 5. The van der Waals surface area contributed by atoms with Crippen molar-refractivity contribution in [1.82, 2.24) is 5.32 Å². The third-order valence-corrected chi connectivity index (χ3v) is 4.23. The van der Waals surface area contributed by atoms with Crippen molar-refractivity contribution in [3.63, 3.8) is 0 Å². The molecule has 0 heterocycles. The number of benzene rings is 2. The van der Waals surface area contributed by atoms with Crippen LogP contribution in [0.1, 0.15) is 40.9 Å². The summed E-state index contributed by atoms with van der Waals surface area (Å²) in [5.74, 6) is -1.09. The van der Waals surface area contributed by atoms with Crippen molar-refractivity contribution in [1.29, 1.82) is 0 Å². The quantitative estimate of drug-likeness (QED) is 0.630. The van der Waals surface area contributed by atoms with Crippen molar-refractivity contribution >= 4 is 5.97 Å². The highest BCUT2D eigenvalue weighted by Gasteiger charge is 2.16. The number of ether oxygens (including phenoxy) is 1. The van der Waals surface area contributed by atoms with Gasteiger partial charge in [-0.3, -0.25) is 0 Å². The molecule has 2 rings (SSSR count). The van der Waals surface area contributed by atoms with Crippen LogP contribution < -0.4 is 5.32 Å². The normalized spacial score (nSPS) is 13.2. The Balaban J connectivity index is 1.87. The molecular weight excluding hydrogens is 337 g/mol. The van der Waals surface area contributed by atoms with Gasteiger partial charge >= 0.3 is 5.97 Å². The summed E-state index contributed by atoms with van der Waals surface area (Å²) in [6.07, 6.45) is 0.683. The van der Waals surface area contributed by atoms with Gasteiger partial charge in [0.25, 0.3) is 0 Å². The molecule has 26 heavy (non-hydrogen) atoms. The molecule has 140 valence electrons. The smallest absolute Gasteiger partial charge is 0.341 e. The Kier molecular flexibility index (Phi) is 7.12. The highest BCUT2D eigenvalue weighted by molar-refractivity contribution is 5.92. The minimum absolute atomic E-state index is 0.0169. The third kappa shape index (κ3) is 5.54. The fourth-order valence-electron chi connectivity index (χ4n) is 2.64. The molecule has 6 heteroatoms. The molecule has 0 aliphatic rings. The van der Waals surface area contributed by atoms with Crippen LogP contribution in [-0.2, 0) is 11.2 Å². The Bertz CT molecular complexity index is 750. The lowest BCUT2D eigenvalue weighted by molar-refractivity contribution is 0.0597. The van der Waals surface area contributed by atoms with Crippen LogP contribution in [0.2, 0.25) is 0 Å². The van der Waals surface area contributed by atoms with Gasteiger partial charge in [-0.05, 0) is 55.2 Å². The van der Waals surface area contributed by atoms with Crippen molar-refractivity contribution in [2.75, 3.05) is 13.7 Å². The zero-order valence-corrected chi connectivity index (χ0v) is 14.9. The number of hydrogen-bond donors (Lipinski definition) is 3. The van der Waals surface area contributed by atoms with E-state index in [-0.39, 0.29) is 29.7 Å². The molecule has 2 aromatic carbocycles. The number of methoxy groups -OCH3 is 1. The largest absolute Gasteiger partial charge is 0.507 e. The lowest BCUT2D eigenvalue weighted by atomic mass is 10.0. The molecular formula is C20H24FNO4. The number of phenolic OH excluding ortho intramolecular Hbond substituents is 1. The van der Waals surface area contributed by atoms with E-state index in [0.717, 1.165) is 18.4 Å². The van der Waals surface area contributed by atoms with Crippen molar-refractivity contribution in [3.8, 4) is 5.75 Å². The predicted octanol–water partition coefficient (Wildman–Crippen LogP) is 2.96. The second-order valence-corrected chi connectivity index (χ2v) is 6.26. The van der Waals surface area contributed by atoms with E-state index in [9.17, 15) is 19.4 Å². The maximum absolute atomic E-state index is 13.2. The van der Waals surface area contributed by atoms with Gasteiger partial charge in [-0.2, -0.15) is 0 Å². The molecule has 2 atom stereocenters. The van der Waals surface area contributed by atoms with Crippen LogP contribution in [0.5, 0.6) is 5.75 Å². The van der Waals surface area contributed by atoms with Gasteiger partial charge in [0.15, 0.2) is 0 Å². The first-order chi connectivity index (χ1) is 12.4. The van der Waals surface area contributed by atoms with Gasteiger partial charge < -0.3 is 20.3 Å². The fourth-order valence-corrected chi connectivity index (χ4v) is 2.64. The van der Waals surface area contributed by atoms with Crippen LogP contribution in [0.15, 0.2) is 42.5 Å².